The number of hydrogen-bond donors (Lipinski definition) is 1. The Morgan fingerprint density at radius 1 is 0.966 bits per heavy atom. The molecule has 0 bridgehead atoms. The van der Waals surface area contributed by atoms with Crippen molar-refractivity contribution in [3.05, 3.63) is 64.8 Å². The largest absolute Gasteiger partial charge is 0.358 e. The first-order valence-corrected chi connectivity index (χ1v) is 11.2. The summed E-state index contributed by atoms with van der Waals surface area (Å²) in [6.45, 7) is 7.00. The van der Waals surface area contributed by atoms with Crippen LogP contribution in [0.5, 0.6) is 0 Å². The lowest BCUT2D eigenvalue weighted by Gasteiger charge is -2.34. The molecule has 0 aliphatic carbocycles. The number of amides is 1. The molecule has 2 aromatic carbocycles. The molecule has 152 valence electrons. The number of hydrogen-bond acceptors (Lipinski definition) is 3. The highest BCUT2D eigenvalue weighted by molar-refractivity contribution is 7.89. The Hall–Kier alpha value is -2.64. The number of carbonyl (C=O) groups excluding carboxylic acids is 1. The van der Waals surface area contributed by atoms with E-state index in [1.165, 1.54) is 4.31 Å². The van der Waals surface area contributed by atoms with Crippen molar-refractivity contribution in [1.82, 2.24) is 14.2 Å². The van der Waals surface area contributed by atoms with Crippen LogP contribution in [0.3, 0.4) is 0 Å². The first-order chi connectivity index (χ1) is 13.8. The number of sulfonamides is 1. The smallest absolute Gasteiger partial charge is 0.256 e. The Morgan fingerprint density at radius 3 is 2.34 bits per heavy atom. The molecule has 3 aromatic rings. The van der Waals surface area contributed by atoms with Gasteiger partial charge >= 0.3 is 0 Å². The maximum atomic E-state index is 13.2. The van der Waals surface area contributed by atoms with Crippen molar-refractivity contribution in [3.8, 4) is 0 Å². The van der Waals surface area contributed by atoms with E-state index in [0.717, 1.165) is 27.7 Å². The van der Waals surface area contributed by atoms with Gasteiger partial charge in [0.25, 0.3) is 5.91 Å². The van der Waals surface area contributed by atoms with E-state index in [1.54, 1.807) is 11.0 Å². The standard InChI is InChI=1S/C22H25N3O3S/c1-15-8-9-20(16(2)14-15)29(27,28)25-12-10-24(11-13-25)22(26)21-17(3)23-19-7-5-4-6-18(19)21/h4-9,14,23H,10-13H2,1-3H3. The van der Waals surface area contributed by atoms with Crippen LogP contribution < -0.4 is 0 Å². The Labute approximate surface area is 171 Å². The van der Waals surface area contributed by atoms with Gasteiger partial charge in [-0.05, 0) is 38.5 Å². The Balaban J connectivity index is 1.53. The number of piperazine rings is 1. The van der Waals surface area contributed by atoms with Crippen LogP contribution in [0.25, 0.3) is 10.9 Å². The van der Waals surface area contributed by atoms with Crippen LogP contribution in [0, 0.1) is 20.8 Å². The highest BCUT2D eigenvalue weighted by Crippen LogP contribution is 2.26. The van der Waals surface area contributed by atoms with Crippen molar-refractivity contribution in [2.45, 2.75) is 25.7 Å². The minimum absolute atomic E-state index is 0.0523. The number of rotatable bonds is 3. The van der Waals surface area contributed by atoms with Crippen LogP contribution in [0.15, 0.2) is 47.4 Å². The fourth-order valence-electron chi connectivity index (χ4n) is 4.07. The van der Waals surface area contributed by atoms with E-state index in [0.29, 0.717) is 36.6 Å². The quantitative estimate of drug-likeness (QED) is 0.719. The molecule has 0 spiro atoms. The van der Waals surface area contributed by atoms with Gasteiger partial charge in [0, 0.05) is 42.8 Å². The summed E-state index contributed by atoms with van der Waals surface area (Å²) in [5.74, 6) is -0.0523. The average Bonchev–Trinajstić information content (AvgIpc) is 3.03. The molecule has 1 aromatic heterocycles. The fraction of sp³-hybridized carbons (Fsp3) is 0.318. The van der Waals surface area contributed by atoms with Gasteiger partial charge in [0.05, 0.1) is 10.5 Å². The highest BCUT2D eigenvalue weighted by Gasteiger charge is 2.32. The average molecular weight is 412 g/mol. The Kier molecular flexibility index (Phi) is 4.96. The number of fused-ring (bicyclic) bond motifs is 1. The molecule has 1 amide bonds. The lowest BCUT2D eigenvalue weighted by molar-refractivity contribution is 0.0699. The fourth-order valence-corrected chi connectivity index (χ4v) is 5.70. The minimum atomic E-state index is -3.57. The summed E-state index contributed by atoms with van der Waals surface area (Å²) < 4.78 is 27.6. The second kappa shape index (κ2) is 7.31. The van der Waals surface area contributed by atoms with Crippen molar-refractivity contribution in [3.63, 3.8) is 0 Å². The van der Waals surface area contributed by atoms with E-state index in [2.05, 4.69) is 4.98 Å². The molecule has 6 nitrogen and oxygen atoms in total. The van der Waals surface area contributed by atoms with E-state index in [9.17, 15) is 13.2 Å². The summed E-state index contributed by atoms with van der Waals surface area (Å²) in [6, 6.07) is 13.1. The monoisotopic (exact) mass is 411 g/mol. The third kappa shape index (κ3) is 3.45. The summed E-state index contributed by atoms with van der Waals surface area (Å²) in [5, 5.41) is 0.903. The SMILES string of the molecule is Cc1ccc(S(=O)(=O)N2CCN(C(=O)c3c(C)[nH]c4ccccc34)CC2)c(C)c1. The maximum Gasteiger partial charge on any atom is 0.256 e. The van der Waals surface area contributed by atoms with Crippen LogP contribution in [0.4, 0.5) is 0 Å². The van der Waals surface area contributed by atoms with Gasteiger partial charge in [-0.2, -0.15) is 4.31 Å². The number of aromatic amines is 1. The van der Waals surface area contributed by atoms with Crippen molar-refractivity contribution >= 4 is 26.8 Å². The molecule has 0 unspecified atom stereocenters. The molecule has 0 atom stereocenters. The topological polar surface area (TPSA) is 73.5 Å². The lowest BCUT2D eigenvalue weighted by Crippen LogP contribution is -2.50. The summed E-state index contributed by atoms with van der Waals surface area (Å²) >= 11 is 0. The first-order valence-electron chi connectivity index (χ1n) is 9.73. The van der Waals surface area contributed by atoms with Gasteiger partial charge in [0.1, 0.15) is 0 Å². The third-order valence-electron chi connectivity index (χ3n) is 5.58. The molecule has 29 heavy (non-hydrogen) atoms. The zero-order valence-electron chi connectivity index (χ0n) is 16.9. The molecule has 2 heterocycles. The number of para-hydroxylation sites is 1. The van der Waals surface area contributed by atoms with Crippen LogP contribution in [-0.2, 0) is 10.0 Å². The van der Waals surface area contributed by atoms with E-state index in [1.807, 2.05) is 57.2 Å². The number of aryl methyl sites for hydroxylation is 3. The number of nitrogens with one attached hydrogen (secondary N) is 1. The molecule has 1 aliphatic rings. The van der Waals surface area contributed by atoms with Crippen molar-refractivity contribution in [2.24, 2.45) is 0 Å². The van der Waals surface area contributed by atoms with E-state index in [-0.39, 0.29) is 5.91 Å². The molecule has 7 heteroatoms. The molecule has 1 N–H and O–H groups in total. The molecular formula is C22H25N3O3S. The number of benzene rings is 2. The Morgan fingerprint density at radius 2 is 1.66 bits per heavy atom. The van der Waals surface area contributed by atoms with Crippen LogP contribution >= 0.6 is 0 Å². The Bertz CT molecular complexity index is 1190. The maximum absolute atomic E-state index is 13.2. The minimum Gasteiger partial charge on any atom is -0.358 e. The van der Waals surface area contributed by atoms with Crippen molar-refractivity contribution < 1.29 is 13.2 Å². The molecule has 1 aliphatic heterocycles. The van der Waals surface area contributed by atoms with Crippen LogP contribution in [-0.4, -0.2) is 54.7 Å². The predicted molar refractivity (Wildman–Crippen MR) is 114 cm³/mol. The normalized spacial score (nSPS) is 15.8. The molecule has 4 rings (SSSR count). The summed E-state index contributed by atoms with van der Waals surface area (Å²) in [5.41, 5.74) is 4.22. The van der Waals surface area contributed by atoms with Gasteiger partial charge in [-0.3, -0.25) is 4.79 Å². The van der Waals surface area contributed by atoms with E-state index >= 15 is 0 Å². The van der Waals surface area contributed by atoms with Crippen molar-refractivity contribution in [2.75, 3.05) is 26.2 Å². The summed E-state index contributed by atoms with van der Waals surface area (Å²) in [4.78, 5) is 18.5. The number of nitrogens with zero attached hydrogens (tertiary/aromatic N) is 2. The number of carbonyl (C=O) groups is 1. The molecule has 0 radical (unpaired) electrons. The highest BCUT2D eigenvalue weighted by atomic mass is 32.2. The van der Waals surface area contributed by atoms with Crippen LogP contribution in [0.1, 0.15) is 27.2 Å². The third-order valence-corrected chi connectivity index (χ3v) is 7.64. The molecular weight excluding hydrogens is 386 g/mol. The number of aromatic nitrogens is 1. The van der Waals surface area contributed by atoms with Gasteiger partial charge < -0.3 is 9.88 Å². The lowest BCUT2D eigenvalue weighted by atomic mass is 10.1. The predicted octanol–water partition coefficient (Wildman–Crippen LogP) is 3.24. The van der Waals surface area contributed by atoms with Crippen LogP contribution in [0.2, 0.25) is 0 Å². The summed E-state index contributed by atoms with van der Waals surface area (Å²) in [7, 11) is -3.57. The zero-order valence-corrected chi connectivity index (χ0v) is 17.7. The molecule has 0 saturated carbocycles. The van der Waals surface area contributed by atoms with Gasteiger partial charge in [0.15, 0.2) is 0 Å². The first kappa shape index (κ1) is 19.7. The van der Waals surface area contributed by atoms with Gasteiger partial charge in [0.2, 0.25) is 10.0 Å². The molecule has 1 fully saturated rings. The van der Waals surface area contributed by atoms with Gasteiger partial charge in [-0.1, -0.05) is 35.9 Å². The van der Waals surface area contributed by atoms with E-state index < -0.39 is 10.0 Å². The van der Waals surface area contributed by atoms with E-state index in [4.69, 9.17) is 0 Å². The van der Waals surface area contributed by atoms with Gasteiger partial charge in [-0.25, -0.2) is 8.42 Å². The second-order valence-electron chi connectivity index (χ2n) is 7.64. The zero-order chi connectivity index (χ0) is 20.8. The summed E-state index contributed by atoms with van der Waals surface area (Å²) in [6.07, 6.45) is 0. The molecule has 1 saturated heterocycles. The van der Waals surface area contributed by atoms with Crippen molar-refractivity contribution in [1.29, 1.82) is 0 Å². The number of H-pyrrole nitrogens is 1. The second-order valence-corrected chi connectivity index (χ2v) is 9.54. The van der Waals surface area contributed by atoms with Gasteiger partial charge in [-0.15, -0.1) is 0 Å².